The highest BCUT2D eigenvalue weighted by Gasteiger charge is 2.32. The van der Waals surface area contributed by atoms with Crippen LogP contribution in [0.5, 0.6) is 0 Å². The van der Waals surface area contributed by atoms with Gasteiger partial charge in [-0.25, -0.2) is 0 Å². The summed E-state index contributed by atoms with van der Waals surface area (Å²) in [5.41, 5.74) is -0.411. The fourth-order valence-corrected chi connectivity index (χ4v) is 1.82. The minimum Gasteiger partial charge on any atom is -0.394 e. The van der Waals surface area contributed by atoms with Gasteiger partial charge in [-0.2, -0.15) is 0 Å². The molecule has 0 aliphatic carbocycles. The second kappa shape index (κ2) is 7.21. The van der Waals surface area contributed by atoms with Gasteiger partial charge < -0.3 is 10.2 Å². The summed E-state index contributed by atoms with van der Waals surface area (Å²) in [7, 11) is 0. The van der Waals surface area contributed by atoms with Crippen LogP contribution in [0.3, 0.4) is 0 Å². The second-order valence-corrected chi connectivity index (χ2v) is 3.88. The highest BCUT2D eigenvalue weighted by Crippen LogP contribution is 2.19. The molecule has 0 aromatic heterocycles. The van der Waals surface area contributed by atoms with E-state index in [1.165, 1.54) is 0 Å². The lowest BCUT2D eigenvalue weighted by atomic mass is 9.95. The van der Waals surface area contributed by atoms with Crippen molar-refractivity contribution in [2.75, 3.05) is 26.3 Å². The van der Waals surface area contributed by atoms with Gasteiger partial charge in [0.1, 0.15) is 0 Å². The van der Waals surface area contributed by atoms with Crippen LogP contribution in [0.25, 0.3) is 0 Å². The molecule has 0 rings (SSSR count). The lowest BCUT2D eigenvalue weighted by Gasteiger charge is -2.41. The van der Waals surface area contributed by atoms with Crippen molar-refractivity contribution in [2.45, 2.75) is 45.6 Å². The first-order valence-electron chi connectivity index (χ1n) is 5.67. The fourth-order valence-electron chi connectivity index (χ4n) is 1.82. The number of hydrogen-bond acceptors (Lipinski definition) is 3. The van der Waals surface area contributed by atoms with Gasteiger partial charge in [0.15, 0.2) is 0 Å². The number of hydrogen-bond donors (Lipinski definition) is 2. The van der Waals surface area contributed by atoms with Crippen LogP contribution in [-0.4, -0.2) is 47.0 Å². The molecule has 0 spiro atoms. The molecule has 0 heterocycles. The van der Waals surface area contributed by atoms with Gasteiger partial charge >= 0.3 is 0 Å². The van der Waals surface area contributed by atoms with E-state index in [9.17, 15) is 10.2 Å². The van der Waals surface area contributed by atoms with E-state index in [2.05, 4.69) is 18.7 Å². The van der Waals surface area contributed by atoms with Crippen molar-refractivity contribution in [1.82, 2.24) is 4.90 Å². The molecule has 3 nitrogen and oxygen atoms in total. The van der Waals surface area contributed by atoms with Gasteiger partial charge in [-0.05, 0) is 32.4 Å². The molecule has 2 N–H and O–H groups in total. The third-order valence-electron chi connectivity index (χ3n) is 2.90. The first kappa shape index (κ1) is 13.9. The minimum absolute atomic E-state index is 0.0417. The first-order chi connectivity index (χ1) is 6.70. The third kappa shape index (κ3) is 3.23. The minimum atomic E-state index is -0.411. The quantitative estimate of drug-likeness (QED) is 0.624. The van der Waals surface area contributed by atoms with Crippen molar-refractivity contribution >= 4 is 0 Å². The van der Waals surface area contributed by atoms with E-state index in [1.54, 1.807) is 0 Å². The summed E-state index contributed by atoms with van der Waals surface area (Å²) in [5.74, 6) is 0. The molecule has 0 aromatic carbocycles. The third-order valence-corrected chi connectivity index (χ3v) is 2.90. The molecule has 0 aliphatic heterocycles. The molecule has 3 heteroatoms. The van der Waals surface area contributed by atoms with E-state index in [1.807, 2.05) is 6.92 Å². The monoisotopic (exact) mass is 203 g/mol. The van der Waals surface area contributed by atoms with Gasteiger partial charge in [-0.3, -0.25) is 4.90 Å². The van der Waals surface area contributed by atoms with Crippen molar-refractivity contribution in [2.24, 2.45) is 0 Å². The fraction of sp³-hybridized carbons (Fsp3) is 1.00. The molecule has 14 heavy (non-hydrogen) atoms. The molecule has 0 aliphatic rings. The van der Waals surface area contributed by atoms with Gasteiger partial charge in [0, 0.05) is 0 Å². The number of nitrogens with zero attached hydrogens (tertiary/aromatic N) is 1. The highest BCUT2D eigenvalue weighted by atomic mass is 16.3. The highest BCUT2D eigenvalue weighted by molar-refractivity contribution is 4.88. The largest absolute Gasteiger partial charge is 0.394 e. The normalized spacial score (nSPS) is 12.4. The Balaban J connectivity index is 4.52. The predicted octanol–water partition coefficient (Wildman–Crippen LogP) is 1.24. The van der Waals surface area contributed by atoms with Gasteiger partial charge in [0.05, 0.1) is 18.8 Å². The molecule has 0 saturated heterocycles. The SMILES string of the molecule is CCCN(CCC)C(CC)(CO)CO. The Hall–Kier alpha value is -0.120. The van der Waals surface area contributed by atoms with E-state index in [4.69, 9.17) is 0 Å². The van der Waals surface area contributed by atoms with Crippen molar-refractivity contribution in [3.05, 3.63) is 0 Å². The van der Waals surface area contributed by atoms with Crippen molar-refractivity contribution in [3.8, 4) is 0 Å². The molecule has 0 radical (unpaired) electrons. The molecule has 0 fully saturated rings. The average molecular weight is 203 g/mol. The van der Waals surface area contributed by atoms with Crippen molar-refractivity contribution < 1.29 is 10.2 Å². The topological polar surface area (TPSA) is 43.7 Å². The average Bonchev–Trinajstić information content (AvgIpc) is 2.22. The van der Waals surface area contributed by atoms with Crippen LogP contribution in [0.4, 0.5) is 0 Å². The first-order valence-corrected chi connectivity index (χ1v) is 5.67. The molecule has 0 amide bonds. The molecule has 86 valence electrons. The summed E-state index contributed by atoms with van der Waals surface area (Å²) in [6, 6.07) is 0. The van der Waals surface area contributed by atoms with E-state index >= 15 is 0 Å². The lowest BCUT2D eigenvalue weighted by Crippen LogP contribution is -2.54. The summed E-state index contributed by atoms with van der Waals surface area (Å²) in [6.07, 6.45) is 2.91. The smallest absolute Gasteiger partial charge is 0.0670 e. The van der Waals surface area contributed by atoms with Crippen molar-refractivity contribution in [1.29, 1.82) is 0 Å². The summed E-state index contributed by atoms with van der Waals surface area (Å²) in [5, 5.41) is 18.8. The molecule has 0 aromatic rings. The molecular formula is C11H25NO2. The van der Waals surface area contributed by atoms with Gasteiger partial charge in [0.25, 0.3) is 0 Å². The number of aliphatic hydroxyl groups excluding tert-OH is 2. The summed E-state index contributed by atoms with van der Waals surface area (Å²) in [4.78, 5) is 2.22. The maximum Gasteiger partial charge on any atom is 0.0670 e. The molecule has 0 unspecified atom stereocenters. The van der Waals surface area contributed by atoms with Gasteiger partial charge in [0.2, 0.25) is 0 Å². The molecular weight excluding hydrogens is 178 g/mol. The molecule has 0 atom stereocenters. The van der Waals surface area contributed by atoms with Crippen LogP contribution < -0.4 is 0 Å². The van der Waals surface area contributed by atoms with Gasteiger partial charge in [-0.15, -0.1) is 0 Å². The lowest BCUT2D eigenvalue weighted by molar-refractivity contribution is -0.0164. The van der Waals surface area contributed by atoms with Crippen LogP contribution in [-0.2, 0) is 0 Å². The zero-order valence-corrected chi connectivity index (χ0v) is 9.79. The van der Waals surface area contributed by atoms with Crippen molar-refractivity contribution in [3.63, 3.8) is 0 Å². The van der Waals surface area contributed by atoms with E-state index in [0.29, 0.717) is 0 Å². The zero-order valence-electron chi connectivity index (χ0n) is 9.79. The maximum atomic E-state index is 9.40. The molecule has 0 bridgehead atoms. The molecule has 0 saturated carbocycles. The Bertz CT molecular complexity index is 121. The summed E-state index contributed by atoms with van der Waals surface area (Å²) >= 11 is 0. The maximum absolute atomic E-state index is 9.40. The van der Waals surface area contributed by atoms with Crippen LogP contribution in [0.15, 0.2) is 0 Å². The predicted molar refractivity (Wildman–Crippen MR) is 59.3 cm³/mol. The van der Waals surface area contributed by atoms with E-state index in [-0.39, 0.29) is 13.2 Å². The summed E-state index contributed by atoms with van der Waals surface area (Å²) in [6.45, 7) is 8.24. The Labute approximate surface area is 87.7 Å². The Morgan fingerprint density at radius 2 is 1.36 bits per heavy atom. The van der Waals surface area contributed by atoms with Gasteiger partial charge in [-0.1, -0.05) is 20.8 Å². The van der Waals surface area contributed by atoms with Crippen LogP contribution >= 0.6 is 0 Å². The number of rotatable bonds is 8. The summed E-state index contributed by atoms with van der Waals surface area (Å²) < 4.78 is 0. The standard InChI is InChI=1S/C11H25NO2/c1-4-7-12(8-5-2)11(6-3,9-13)10-14/h13-14H,4-10H2,1-3H3. The Morgan fingerprint density at radius 3 is 1.57 bits per heavy atom. The Morgan fingerprint density at radius 1 is 0.929 bits per heavy atom. The van der Waals surface area contributed by atoms with Crippen LogP contribution in [0.2, 0.25) is 0 Å². The zero-order chi connectivity index (χ0) is 11.0. The van der Waals surface area contributed by atoms with Crippen LogP contribution in [0, 0.1) is 0 Å². The van der Waals surface area contributed by atoms with E-state index in [0.717, 1.165) is 32.4 Å². The van der Waals surface area contributed by atoms with Crippen LogP contribution in [0.1, 0.15) is 40.0 Å². The number of aliphatic hydroxyl groups is 2. The Kier molecular flexibility index (Phi) is 7.15. The van der Waals surface area contributed by atoms with E-state index < -0.39 is 5.54 Å². The second-order valence-electron chi connectivity index (χ2n) is 3.88.